The molecule has 0 unspecified atom stereocenters. The summed E-state index contributed by atoms with van der Waals surface area (Å²) in [5, 5.41) is 2.71. The van der Waals surface area contributed by atoms with E-state index in [-0.39, 0.29) is 11.9 Å². The van der Waals surface area contributed by atoms with Crippen molar-refractivity contribution in [2.75, 3.05) is 38.5 Å². The molecule has 7 heteroatoms. The Bertz CT molecular complexity index is 589. The van der Waals surface area contributed by atoms with Gasteiger partial charge in [-0.15, -0.1) is 0 Å². The third kappa shape index (κ3) is 5.71. The lowest BCUT2D eigenvalue weighted by Gasteiger charge is -2.25. The summed E-state index contributed by atoms with van der Waals surface area (Å²) in [5.41, 5.74) is -0.338. The highest BCUT2D eigenvalue weighted by molar-refractivity contribution is 5.94. The number of nitrogens with one attached hydrogen (secondary N) is 1. The maximum Gasteiger partial charge on any atom is 0.416 e. The van der Waals surface area contributed by atoms with Gasteiger partial charge in [0.1, 0.15) is 0 Å². The van der Waals surface area contributed by atoms with E-state index in [0.29, 0.717) is 11.6 Å². The molecule has 1 N–H and O–H groups in total. The molecule has 1 aliphatic heterocycles. The molecular weight excluding hydrogens is 343 g/mol. The van der Waals surface area contributed by atoms with Gasteiger partial charge in [0.05, 0.1) is 11.6 Å². The smallest absolute Gasteiger partial charge is 0.325 e. The molecule has 26 heavy (non-hydrogen) atoms. The van der Waals surface area contributed by atoms with Crippen molar-refractivity contribution >= 4 is 11.6 Å². The van der Waals surface area contributed by atoms with E-state index in [2.05, 4.69) is 29.1 Å². The van der Waals surface area contributed by atoms with Gasteiger partial charge in [-0.2, -0.15) is 13.2 Å². The SMILES string of the molecule is CCCN(C)C[C@@H]1CCN([C@@H](C)C(=O)Nc2ccc(C(F)(F)F)cc2)C1. The molecule has 1 saturated heterocycles. The van der Waals surface area contributed by atoms with Gasteiger partial charge >= 0.3 is 6.18 Å². The lowest BCUT2D eigenvalue weighted by atomic mass is 10.1. The number of carbonyl (C=O) groups is 1. The fourth-order valence-electron chi connectivity index (χ4n) is 3.43. The Hall–Kier alpha value is -1.60. The number of benzene rings is 1. The first-order valence-electron chi connectivity index (χ1n) is 9.11. The van der Waals surface area contributed by atoms with Crippen LogP contribution in [0.2, 0.25) is 0 Å². The van der Waals surface area contributed by atoms with Gasteiger partial charge in [0.15, 0.2) is 0 Å². The maximum atomic E-state index is 12.6. The van der Waals surface area contributed by atoms with Crippen LogP contribution in [0.1, 0.15) is 32.3 Å². The second kappa shape index (κ2) is 8.86. The predicted octanol–water partition coefficient (Wildman–Crippen LogP) is 3.70. The average Bonchev–Trinajstić information content (AvgIpc) is 3.02. The zero-order valence-corrected chi connectivity index (χ0v) is 15.6. The van der Waals surface area contributed by atoms with Crippen LogP contribution in [0.15, 0.2) is 24.3 Å². The minimum Gasteiger partial charge on any atom is -0.325 e. The van der Waals surface area contributed by atoms with Crippen molar-refractivity contribution < 1.29 is 18.0 Å². The van der Waals surface area contributed by atoms with E-state index >= 15 is 0 Å². The van der Waals surface area contributed by atoms with E-state index in [1.165, 1.54) is 12.1 Å². The van der Waals surface area contributed by atoms with Crippen molar-refractivity contribution in [1.82, 2.24) is 9.80 Å². The first kappa shape index (κ1) is 20.7. The number of alkyl halides is 3. The molecule has 0 bridgehead atoms. The van der Waals surface area contributed by atoms with Crippen LogP contribution in [0.25, 0.3) is 0 Å². The highest BCUT2D eigenvalue weighted by Crippen LogP contribution is 2.30. The van der Waals surface area contributed by atoms with E-state index in [9.17, 15) is 18.0 Å². The van der Waals surface area contributed by atoms with Crippen molar-refractivity contribution in [2.24, 2.45) is 5.92 Å². The third-order valence-corrected chi connectivity index (χ3v) is 4.90. The number of amides is 1. The summed E-state index contributed by atoms with van der Waals surface area (Å²) >= 11 is 0. The largest absolute Gasteiger partial charge is 0.416 e. The van der Waals surface area contributed by atoms with Gasteiger partial charge in [-0.3, -0.25) is 9.69 Å². The van der Waals surface area contributed by atoms with E-state index in [1.807, 2.05) is 6.92 Å². The number of anilines is 1. The molecule has 2 atom stereocenters. The average molecular weight is 371 g/mol. The minimum atomic E-state index is -4.37. The Kier molecular flexibility index (Phi) is 7.06. The molecule has 0 aliphatic carbocycles. The molecule has 0 spiro atoms. The lowest BCUT2D eigenvalue weighted by molar-refractivity contribution is -0.137. The van der Waals surface area contributed by atoms with Crippen LogP contribution >= 0.6 is 0 Å². The number of nitrogens with zero attached hydrogens (tertiary/aromatic N) is 2. The van der Waals surface area contributed by atoms with Gasteiger partial charge in [-0.25, -0.2) is 0 Å². The summed E-state index contributed by atoms with van der Waals surface area (Å²) in [5.74, 6) is 0.361. The van der Waals surface area contributed by atoms with Crippen molar-refractivity contribution in [3.63, 3.8) is 0 Å². The van der Waals surface area contributed by atoms with Crippen molar-refractivity contribution in [3.05, 3.63) is 29.8 Å². The van der Waals surface area contributed by atoms with Crippen LogP contribution in [0.3, 0.4) is 0 Å². The molecule has 1 aromatic carbocycles. The van der Waals surface area contributed by atoms with Gasteiger partial charge < -0.3 is 10.2 Å². The van der Waals surface area contributed by atoms with E-state index in [1.54, 1.807) is 0 Å². The van der Waals surface area contributed by atoms with Crippen molar-refractivity contribution in [1.29, 1.82) is 0 Å². The minimum absolute atomic E-state index is 0.188. The van der Waals surface area contributed by atoms with Crippen LogP contribution in [0, 0.1) is 5.92 Å². The summed E-state index contributed by atoms with van der Waals surface area (Å²) in [6.45, 7) is 7.84. The van der Waals surface area contributed by atoms with Crippen LogP contribution in [-0.4, -0.2) is 55.0 Å². The van der Waals surface area contributed by atoms with Gasteiger partial charge in [0.2, 0.25) is 5.91 Å². The predicted molar refractivity (Wildman–Crippen MR) is 97.0 cm³/mol. The van der Waals surface area contributed by atoms with Gasteiger partial charge in [0.25, 0.3) is 0 Å². The number of likely N-dealkylation sites (tertiary alicyclic amines) is 1. The molecule has 1 aromatic rings. The maximum absolute atomic E-state index is 12.6. The lowest BCUT2D eigenvalue weighted by Crippen LogP contribution is -2.41. The zero-order chi connectivity index (χ0) is 19.3. The van der Waals surface area contributed by atoms with Crippen molar-refractivity contribution in [2.45, 2.75) is 38.9 Å². The molecule has 1 fully saturated rings. The molecule has 146 valence electrons. The highest BCUT2D eigenvalue weighted by Gasteiger charge is 2.31. The fourth-order valence-corrected chi connectivity index (χ4v) is 3.43. The molecule has 1 amide bonds. The second-order valence-corrected chi connectivity index (χ2v) is 7.15. The number of halogens is 3. The molecule has 1 aliphatic rings. The van der Waals surface area contributed by atoms with Gasteiger partial charge in [-0.1, -0.05) is 6.92 Å². The molecule has 4 nitrogen and oxygen atoms in total. The topological polar surface area (TPSA) is 35.6 Å². The zero-order valence-electron chi connectivity index (χ0n) is 15.6. The normalized spacial score (nSPS) is 19.7. The second-order valence-electron chi connectivity index (χ2n) is 7.15. The summed E-state index contributed by atoms with van der Waals surface area (Å²) < 4.78 is 37.8. The highest BCUT2D eigenvalue weighted by atomic mass is 19.4. The Morgan fingerprint density at radius 3 is 2.58 bits per heavy atom. The number of hydrogen-bond acceptors (Lipinski definition) is 3. The Morgan fingerprint density at radius 1 is 1.35 bits per heavy atom. The first-order valence-corrected chi connectivity index (χ1v) is 9.11. The van der Waals surface area contributed by atoms with Gasteiger partial charge in [0, 0.05) is 18.8 Å². The summed E-state index contributed by atoms with van der Waals surface area (Å²) in [7, 11) is 2.12. The number of rotatable bonds is 7. The molecule has 0 aromatic heterocycles. The molecule has 0 radical (unpaired) electrons. The molecule has 1 heterocycles. The standard InChI is InChI=1S/C19H28F3N3O/c1-4-10-24(3)12-15-9-11-25(13-15)14(2)18(26)23-17-7-5-16(6-8-17)19(20,21)22/h5-8,14-15H,4,9-13H2,1-3H3,(H,23,26)/t14-,15-/m0/s1. The number of hydrogen-bond donors (Lipinski definition) is 1. The number of carbonyl (C=O) groups excluding carboxylic acids is 1. The third-order valence-electron chi connectivity index (χ3n) is 4.90. The van der Waals surface area contributed by atoms with Crippen LogP contribution in [0.5, 0.6) is 0 Å². The molecular formula is C19H28F3N3O. The quantitative estimate of drug-likeness (QED) is 0.794. The van der Waals surface area contributed by atoms with Crippen molar-refractivity contribution in [3.8, 4) is 0 Å². The molecule has 2 rings (SSSR count). The fraction of sp³-hybridized carbons (Fsp3) is 0.632. The summed E-state index contributed by atoms with van der Waals surface area (Å²) in [4.78, 5) is 16.9. The summed E-state index contributed by atoms with van der Waals surface area (Å²) in [6.07, 6.45) is -2.18. The monoisotopic (exact) mass is 371 g/mol. The Morgan fingerprint density at radius 2 is 2.00 bits per heavy atom. The first-order chi connectivity index (χ1) is 12.2. The summed E-state index contributed by atoms with van der Waals surface area (Å²) in [6, 6.07) is 4.24. The Labute approximate surface area is 153 Å². The molecule has 0 saturated carbocycles. The van der Waals surface area contributed by atoms with E-state index in [0.717, 1.165) is 51.2 Å². The van der Waals surface area contributed by atoms with Gasteiger partial charge in [-0.05, 0) is 70.1 Å². The van der Waals surface area contributed by atoms with Crippen LogP contribution < -0.4 is 5.32 Å². The van der Waals surface area contributed by atoms with Crippen LogP contribution in [0.4, 0.5) is 18.9 Å². The van der Waals surface area contributed by atoms with E-state index in [4.69, 9.17) is 0 Å². The Balaban J connectivity index is 1.86. The van der Waals surface area contributed by atoms with E-state index < -0.39 is 11.7 Å². The van der Waals surface area contributed by atoms with Crippen LogP contribution in [-0.2, 0) is 11.0 Å².